The first-order valence-electron chi connectivity index (χ1n) is 13.5. The summed E-state index contributed by atoms with van der Waals surface area (Å²) in [6.07, 6.45) is 5.79. The normalized spacial score (nSPS) is 17.7. The van der Waals surface area contributed by atoms with Gasteiger partial charge in [0.05, 0.1) is 21.6 Å². The first-order chi connectivity index (χ1) is 18.7. The zero-order valence-electron chi connectivity index (χ0n) is 23.3. The van der Waals surface area contributed by atoms with Gasteiger partial charge in [-0.05, 0) is 83.2 Å². The maximum Gasteiger partial charge on any atom is 0.410 e. The number of hydrogen-bond acceptors (Lipinski definition) is 9. The van der Waals surface area contributed by atoms with Gasteiger partial charge < -0.3 is 24.0 Å². The second-order valence-electron chi connectivity index (χ2n) is 11.1. The van der Waals surface area contributed by atoms with Gasteiger partial charge in [-0.3, -0.25) is 0 Å². The van der Waals surface area contributed by atoms with Crippen LogP contribution in [0.2, 0.25) is 0 Å². The van der Waals surface area contributed by atoms with Gasteiger partial charge in [0, 0.05) is 38.0 Å². The molecule has 0 bridgehead atoms. The van der Waals surface area contributed by atoms with Crippen molar-refractivity contribution in [3.05, 3.63) is 41.5 Å². The zero-order chi connectivity index (χ0) is 27.6. The van der Waals surface area contributed by atoms with Gasteiger partial charge in [0.2, 0.25) is 0 Å². The van der Waals surface area contributed by atoms with E-state index in [1.54, 1.807) is 18.4 Å². The van der Waals surface area contributed by atoms with Crippen molar-refractivity contribution >= 4 is 23.2 Å². The maximum absolute atomic E-state index is 13.1. The molecule has 2 aliphatic rings. The van der Waals surface area contributed by atoms with Crippen LogP contribution in [0.1, 0.15) is 51.5 Å². The van der Waals surface area contributed by atoms with Gasteiger partial charge in [-0.25, -0.2) is 9.78 Å². The van der Waals surface area contributed by atoms with Gasteiger partial charge in [0.1, 0.15) is 11.4 Å². The van der Waals surface area contributed by atoms with E-state index in [-0.39, 0.29) is 25.0 Å². The number of thiazole rings is 1. The SMILES string of the molecule is COCOc1cc(-c2cnc(C)s2)ccc1-c1ccc(N2CC[C@@H](N(C(=O)OC(C)(C)C)C3CCC3)C2)nn1. The van der Waals surface area contributed by atoms with Crippen molar-refractivity contribution in [2.45, 2.75) is 71.1 Å². The van der Waals surface area contributed by atoms with Crippen LogP contribution in [0, 0.1) is 6.92 Å². The highest BCUT2D eigenvalue weighted by Gasteiger charge is 2.40. The molecule has 1 amide bonds. The molecule has 1 aliphatic heterocycles. The lowest BCUT2D eigenvalue weighted by Crippen LogP contribution is -2.52. The summed E-state index contributed by atoms with van der Waals surface area (Å²) in [4.78, 5) is 22.7. The molecule has 2 aromatic heterocycles. The van der Waals surface area contributed by atoms with Crippen molar-refractivity contribution in [2.24, 2.45) is 0 Å². The predicted octanol–water partition coefficient (Wildman–Crippen LogP) is 5.93. The van der Waals surface area contributed by atoms with E-state index in [1.807, 2.05) is 69.1 Å². The van der Waals surface area contributed by atoms with Crippen molar-refractivity contribution in [2.75, 3.05) is 31.9 Å². The van der Waals surface area contributed by atoms with Crippen molar-refractivity contribution in [3.63, 3.8) is 0 Å². The molecule has 3 heterocycles. The molecule has 39 heavy (non-hydrogen) atoms. The van der Waals surface area contributed by atoms with Crippen molar-refractivity contribution in [1.29, 1.82) is 0 Å². The number of methoxy groups -OCH3 is 1. The Balaban J connectivity index is 1.32. The third kappa shape index (κ3) is 6.33. The quantitative estimate of drug-likeness (QED) is 0.319. The van der Waals surface area contributed by atoms with Crippen LogP contribution in [0.3, 0.4) is 0 Å². The highest BCUT2D eigenvalue weighted by Crippen LogP contribution is 2.36. The van der Waals surface area contributed by atoms with Gasteiger partial charge in [-0.2, -0.15) is 0 Å². The van der Waals surface area contributed by atoms with Crippen molar-refractivity contribution in [1.82, 2.24) is 20.1 Å². The van der Waals surface area contributed by atoms with E-state index in [0.717, 1.165) is 71.3 Å². The summed E-state index contributed by atoms with van der Waals surface area (Å²) in [5.41, 5.74) is 2.08. The second-order valence-corrected chi connectivity index (χ2v) is 12.4. The van der Waals surface area contributed by atoms with Gasteiger partial charge in [0.25, 0.3) is 0 Å². The summed E-state index contributed by atoms with van der Waals surface area (Å²) < 4.78 is 16.8. The van der Waals surface area contributed by atoms with E-state index in [0.29, 0.717) is 5.75 Å². The molecule has 1 saturated heterocycles. The molecular formula is C29H37N5O4S. The Kier molecular flexibility index (Phi) is 8.04. The summed E-state index contributed by atoms with van der Waals surface area (Å²) >= 11 is 1.64. The highest BCUT2D eigenvalue weighted by atomic mass is 32.1. The number of ether oxygens (including phenoxy) is 3. The lowest BCUT2D eigenvalue weighted by molar-refractivity contribution is -0.00351. The molecule has 3 aromatic rings. The van der Waals surface area contributed by atoms with E-state index in [9.17, 15) is 4.79 Å². The van der Waals surface area contributed by atoms with Crippen molar-refractivity contribution < 1.29 is 19.0 Å². The summed E-state index contributed by atoms with van der Waals surface area (Å²) in [6, 6.07) is 10.4. The lowest BCUT2D eigenvalue weighted by atomic mass is 9.90. The Labute approximate surface area is 234 Å². The number of aromatic nitrogens is 3. The van der Waals surface area contributed by atoms with E-state index >= 15 is 0 Å². The lowest BCUT2D eigenvalue weighted by Gasteiger charge is -2.41. The molecule has 1 aliphatic carbocycles. The molecule has 1 atom stereocenters. The average Bonchev–Trinajstić information content (AvgIpc) is 3.53. The number of carbonyl (C=O) groups is 1. The Morgan fingerprint density at radius 1 is 1.13 bits per heavy atom. The molecule has 208 valence electrons. The van der Waals surface area contributed by atoms with E-state index < -0.39 is 5.60 Å². The Bertz CT molecular complexity index is 1290. The van der Waals surface area contributed by atoms with Gasteiger partial charge in [0.15, 0.2) is 12.6 Å². The molecule has 0 spiro atoms. The third-order valence-corrected chi connectivity index (χ3v) is 8.06. The Morgan fingerprint density at radius 2 is 1.95 bits per heavy atom. The van der Waals surface area contributed by atoms with Crippen LogP contribution < -0.4 is 9.64 Å². The molecule has 0 unspecified atom stereocenters. The van der Waals surface area contributed by atoms with Crippen LogP contribution in [0.25, 0.3) is 21.7 Å². The standard InChI is InChI=1S/C29H37N5O4S/c1-19-30-16-26(39-19)20-9-10-23(25(15-20)37-18-36-5)24-11-12-27(32-31-24)33-14-13-22(17-33)34(21-7-6-8-21)28(35)38-29(2,3)4/h9-12,15-16,21-22H,6-8,13-14,17-18H2,1-5H3/t22-/m1/s1. The number of rotatable bonds is 8. The number of amides is 1. The monoisotopic (exact) mass is 551 g/mol. The Morgan fingerprint density at radius 3 is 2.56 bits per heavy atom. The minimum Gasteiger partial charge on any atom is -0.467 e. The Hall–Kier alpha value is -3.24. The number of anilines is 1. The third-order valence-electron chi connectivity index (χ3n) is 7.10. The molecule has 9 nitrogen and oxygen atoms in total. The first-order valence-corrected chi connectivity index (χ1v) is 14.3. The summed E-state index contributed by atoms with van der Waals surface area (Å²) in [5, 5.41) is 10.1. The van der Waals surface area contributed by atoms with Gasteiger partial charge >= 0.3 is 6.09 Å². The molecule has 1 saturated carbocycles. The van der Waals surface area contributed by atoms with E-state index in [2.05, 4.69) is 20.1 Å². The molecule has 0 radical (unpaired) electrons. The van der Waals surface area contributed by atoms with Crippen molar-refractivity contribution in [3.8, 4) is 27.4 Å². The number of carbonyl (C=O) groups excluding carboxylic acids is 1. The van der Waals surface area contributed by atoms with Crippen LogP contribution in [0.4, 0.5) is 10.6 Å². The number of benzene rings is 1. The largest absolute Gasteiger partial charge is 0.467 e. The molecule has 2 fully saturated rings. The van der Waals surface area contributed by atoms with E-state index in [1.165, 1.54) is 0 Å². The first kappa shape index (κ1) is 27.3. The topological polar surface area (TPSA) is 89.9 Å². The van der Waals surface area contributed by atoms with Crippen LogP contribution in [0.15, 0.2) is 36.5 Å². The number of aryl methyl sites for hydroxylation is 1. The van der Waals surface area contributed by atoms with E-state index in [4.69, 9.17) is 14.2 Å². The molecule has 5 rings (SSSR count). The van der Waals surface area contributed by atoms with Gasteiger partial charge in [-0.1, -0.05) is 6.07 Å². The average molecular weight is 552 g/mol. The van der Waals surface area contributed by atoms with Crippen LogP contribution in [-0.4, -0.2) is 70.9 Å². The fraction of sp³-hybridized carbons (Fsp3) is 0.517. The summed E-state index contributed by atoms with van der Waals surface area (Å²) in [7, 11) is 1.60. The zero-order valence-corrected chi connectivity index (χ0v) is 24.2. The highest BCUT2D eigenvalue weighted by molar-refractivity contribution is 7.15. The van der Waals surface area contributed by atoms with Crippen LogP contribution in [0.5, 0.6) is 5.75 Å². The summed E-state index contributed by atoms with van der Waals surface area (Å²) in [6.45, 7) is 9.41. The fourth-order valence-electron chi connectivity index (χ4n) is 5.01. The van der Waals surface area contributed by atoms with Gasteiger partial charge in [-0.15, -0.1) is 21.5 Å². The minimum atomic E-state index is -0.512. The fourth-order valence-corrected chi connectivity index (χ4v) is 5.79. The van der Waals surface area contributed by atoms with Crippen LogP contribution >= 0.6 is 11.3 Å². The number of nitrogens with zero attached hydrogens (tertiary/aromatic N) is 5. The molecule has 0 N–H and O–H groups in total. The summed E-state index contributed by atoms with van der Waals surface area (Å²) in [5.74, 6) is 1.48. The predicted molar refractivity (Wildman–Crippen MR) is 152 cm³/mol. The molecule has 1 aromatic carbocycles. The van der Waals surface area contributed by atoms with Crippen LogP contribution in [-0.2, 0) is 9.47 Å². The molecule has 10 heteroatoms. The molecular weight excluding hydrogens is 514 g/mol. The minimum absolute atomic E-state index is 0.101. The smallest absolute Gasteiger partial charge is 0.410 e. The number of hydrogen-bond donors (Lipinski definition) is 0. The maximum atomic E-state index is 13.1. The second kappa shape index (κ2) is 11.5.